The second kappa shape index (κ2) is 6.40. The summed E-state index contributed by atoms with van der Waals surface area (Å²) in [4.78, 5) is 0. The van der Waals surface area contributed by atoms with E-state index in [2.05, 4.69) is 0 Å². The molecular weight excluding hydrogens is 200 g/mol. The van der Waals surface area contributed by atoms with Crippen molar-refractivity contribution in [3.8, 4) is 0 Å². The van der Waals surface area contributed by atoms with Crippen molar-refractivity contribution in [2.45, 2.75) is 57.9 Å². The lowest BCUT2D eigenvalue weighted by Gasteiger charge is -2.14. The Bertz CT molecular complexity index is 158. The fourth-order valence-corrected chi connectivity index (χ4v) is 1.16. The van der Waals surface area contributed by atoms with Crippen LogP contribution in [0.25, 0.3) is 0 Å². The first-order chi connectivity index (χ1) is 6.74. The lowest BCUT2D eigenvalue weighted by atomic mass is 10.1. The van der Waals surface area contributed by atoms with E-state index in [0.29, 0.717) is 0 Å². The molecule has 92 valence electrons. The fourth-order valence-electron chi connectivity index (χ4n) is 1.16. The van der Waals surface area contributed by atoms with Crippen LogP contribution in [0, 0.1) is 0 Å². The van der Waals surface area contributed by atoms with Crippen molar-refractivity contribution < 1.29 is 24.8 Å². The number of methoxy groups -OCH3 is 1. The van der Waals surface area contributed by atoms with Gasteiger partial charge in [0.1, 0.15) is 0 Å². The lowest BCUT2D eigenvalue weighted by Crippen LogP contribution is -2.23. The van der Waals surface area contributed by atoms with E-state index in [1.54, 1.807) is 14.0 Å². The Morgan fingerprint density at radius 3 is 2.00 bits per heavy atom. The van der Waals surface area contributed by atoms with Gasteiger partial charge in [0.2, 0.25) is 0 Å². The molecule has 3 atom stereocenters. The SMILES string of the molecule is CC(C)(O)O.COC1CCC(C(C)O)O1. The fraction of sp³-hybridized carbons (Fsp3) is 1.00. The summed E-state index contributed by atoms with van der Waals surface area (Å²) < 4.78 is 10.3. The van der Waals surface area contributed by atoms with Gasteiger partial charge in [-0.25, -0.2) is 0 Å². The van der Waals surface area contributed by atoms with E-state index in [1.807, 2.05) is 0 Å². The molecule has 1 fully saturated rings. The minimum atomic E-state index is -1.50. The van der Waals surface area contributed by atoms with Crippen molar-refractivity contribution in [2.24, 2.45) is 0 Å². The molecule has 0 aromatic heterocycles. The monoisotopic (exact) mass is 222 g/mol. The smallest absolute Gasteiger partial charge is 0.157 e. The standard InChI is InChI=1S/C7H14O3.C3H8O2/c1-5(8)6-3-4-7(9-2)10-6;1-3(2,4)5/h5-8H,3-4H2,1-2H3;4-5H,1-2H3. The van der Waals surface area contributed by atoms with Gasteiger partial charge < -0.3 is 24.8 Å². The molecule has 0 bridgehead atoms. The first kappa shape index (κ1) is 14.8. The summed E-state index contributed by atoms with van der Waals surface area (Å²) in [6.45, 7) is 4.34. The Balaban J connectivity index is 0.000000336. The molecular formula is C10H22O5. The van der Waals surface area contributed by atoms with E-state index >= 15 is 0 Å². The zero-order valence-corrected chi connectivity index (χ0v) is 9.80. The summed E-state index contributed by atoms with van der Waals surface area (Å²) in [5.74, 6) is -1.50. The number of ether oxygens (including phenoxy) is 2. The average molecular weight is 222 g/mol. The highest BCUT2D eigenvalue weighted by atomic mass is 16.7. The highest BCUT2D eigenvalue weighted by molar-refractivity contribution is 4.72. The van der Waals surface area contributed by atoms with E-state index in [1.165, 1.54) is 13.8 Å². The molecule has 0 aliphatic carbocycles. The highest BCUT2D eigenvalue weighted by Crippen LogP contribution is 2.21. The third-order valence-electron chi connectivity index (χ3n) is 1.81. The van der Waals surface area contributed by atoms with Gasteiger partial charge in [-0.3, -0.25) is 0 Å². The van der Waals surface area contributed by atoms with Crippen LogP contribution >= 0.6 is 0 Å². The molecule has 0 radical (unpaired) electrons. The maximum atomic E-state index is 9.08. The lowest BCUT2D eigenvalue weighted by molar-refractivity contribution is -0.135. The van der Waals surface area contributed by atoms with Gasteiger partial charge in [-0.05, 0) is 27.2 Å². The maximum Gasteiger partial charge on any atom is 0.157 e. The summed E-state index contributed by atoms with van der Waals surface area (Å²) >= 11 is 0. The Morgan fingerprint density at radius 1 is 1.33 bits per heavy atom. The number of hydrogen-bond acceptors (Lipinski definition) is 5. The molecule has 3 N–H and O–H groups in total. The normalized spacial score (nSPS) is 28.2. The maximum absolute atomic E-state index is 9.08. The predicted molar refractivity (Wildman–Crippen MR) is 55.1 cm³/mol. The van der Waals surface area contributed by atoms with Gasteiger partial charge in [0.25, 0.3) is 0 Å². The Morgan fingerprint density at radius 2 is 1.80 bits per heavy atom. The summed E-state index contributed by atoms with van der Waals surface area (Å²) in [7, 11) is 1.62. The molecule has 5 heteroatoms. The zero-order valence-electron chi connectivity index (χ0n) is 9.80. The van der Waals surface area contributed by atoms with Gasteiger partial charge in [-0.15, -0.1) is 0 Å². The van der Waals surface area contributed by atoms with E-state index in [4.69, 9.17) is 24.8 Å². The van der Waals surface area contributed by atoms with Crippen molar-refractivity contribution in [2.75, 3.05) is 7.11 Å². The molecule has 0 amide bonds. The van der Waals surface area contributed by atoms with Crippen LogP contribution < -0.4 is 0 Å². The topological polar surface area (TPSA) is 79.2 Å². The molecule has 0 saturated carbocycles. The quantitative estimate of drug-likeness (QED) is 0.583. The molecule has 1 rings (SSSR count). The van der Waals surface area contributed by atoms with Crippen molar-refractivity contribution in [1.82, 2.24) is 0 Å². The highest BCUT2D eigenvalue weighted by Gasteiger charge is 2.27. The van der Waals surface area contributed by atoms with Crippen LogP contribution in [-0.2, 0) is 9.47 Å². The first-order valence-electron chi connectivity index (χ1n) is 5.05. The van der Waals surface area contributed by atoms with Gasteiger partial charge in [0, 0.05) is 13.5 Å². The Hall–Kier alpha value is -0.200. The molecule has 0 aromatic carbocycles. The molecule has 3 unspecified atom stereocenters. The summed E-state index contributed by atoms with van der Waals surface area (Å²) in [6.07, 6.45) is 1.30. The Labute approximate surface area is 90.6 Å². The van der Waals surface area contributed by atoms with Gasteiger partial charge in [-0.1, -0.05) is 0 Å². The van der Waals surface area contributed by atoms with Crippen LogP contribution in [0.4, 0.5) is 0 Å². The summed E-state index contributed by atoms with van der Waals surface area (Å²) in [5.41, 5.74) is 0. The second-order valence-corrected chi connectivity index (χ2v) is 4.15. The molecule has 1 heterocycles. The second-order valence-electron chi connectivity index (χ2n) is 4.15. The zero-order chi connectivity index (χ0) is 12.1. The molecule has 1 saturated heterocycles. The van der Waals surface area contributed by atoms with E-state index in [-0.39, 0.29) is 18.5 Å². The molecule has 0 aromatic rings. The van der Waals surface area contributed by atoms with Crippen LogP contribution in [0.15, 0.2) is 0 Å². The molecule has 15 heavy (non-hydrogen) atoms. The number of aliphatic hydroxyl groups excluding tert-OH is 1. The third-order valence-corrected chi connectivity index (χ3v) is 1.81. The van der Waals surface area contributed by atoms with Gasteiger partial charge in [0.05, 0.1) is 12.2 Å². The number of rotatable bonds is 2. The minimum Gasteiger partial charge on any atom is -0.391 e. The molecule has 1 aliphatic rings. The van der Waals surface area contributed by atoms with Crippen molar-refractivity contribution in [1.29, 1.82) is 0 Å². The van der Waals surface area contributed by atoms with E-state index in [0.717, 1.165) is 12.8 Å². The Kier molecular flexibility index (Phi) is 6.31. The van der Waals surface area contributed by atoms with Crippen LogP contribution in [0.5, 0.6) is 0 Å². The van der Waals surface area contributed by atoms with Crippen molar-refractivity contribution >= 4 is 0 Å². The van der Waals surface area contributed by atoms with E-state index in [9.17, 15) is 0 Å². The number of aliphatic hydroxyl groups is 3. The van der Waals surface area contributed by atoms with Gasteiger partial charge in [-0.2, -0.15) is 0 Å². The van der Waals surface area contributed by atoms with Crippen LogP contribution in [0.2, 0.25) is 0 Å². The third kappa shape index (κ3) is 8.77. The van der Waals surface area contributed by atoms with Crippen LogP contribution in [0.3, 0.4) is 0 Å². The van der Waals surface area contributed by atoms with Crippen molar-refractivity contribution in [3.63, 3.8) is 0 Å². The van der Waals surface area contributed by atoms with Crippen LogP contribution in [-0.4, -0.2) is 46.7 Å². The van der Waals surface area contributed by atoms with E-state index < -0.39 is 5.79 Å². The van der Waals surface area contributed by atoms with Gasteiger partial charge in [0.15, 0.2) is 12.1 Å². The largest absolute Gasteiger partial charge is 0.391 e. The average Bonchev–Trinajstić information content (AvgIpc) is 2.48. The van der Waals surface area contributed by atoms with Crippen molar-refractivity contribution in [3.05, 3.63) is 0 Å². The molecule has 5 nitrogen and oxygen atoms in total. The number of hydrogen-bond donors (Lipinski definition) is 3. The van der Waals surface area contributed by atoms with Crippen LogP contribution in [0.1, 0.15) is 33.6 Å². The van der Waals surface area contributed by atoms with Gasteiger partial charge >= 0.3 is 0 Å². The first-order valence-corrected chi connectivity index (χ1v) is 5.05. The molecule has 1 aliphatic heterocycles. The minimum absolute atomic E-state index is 0.0232. The summed E-state index contributed by atoms with van der Waals surface area (Å²) in [5, 5.41) is 25.2. The predicted octanol–water partition coefficient (Wildman–Crippen LogP) is 0.226. The molecule has 0 spiro atoms. The summed E-state index contributed by atoms with van der Waals surface area (Å²) in [6, 6.07) is 0.